The highest BCUT2D eigenvalue weighted by molar-refractivity contribution is 5.87. The Kier molecular flexibility index (Phi) is 2.66. The lowest BCUT2D eigenvalue weighted by atomic mass is 9.96. The van der Waals surface area contributed by atoms with Crippen molar-refractivity contribution in [3.05, 3.63) is 35.4 Å². The van der Waals surface area contributed by atoms with E-state index in [9.17, 15) is 13.6 Å². The summed E-state index contributed by atoms with van der Waals surface area (Å²) in [5.41, 5.74) is 0.996. The van der Waals surface area contributed by atoms with Crippen molar-refractivity contribution in [2.75, 3.05) is 0 Å². The lowest BCUT2D eigenvalue weighted by Crippen LogP contribution is -2.09. The van der Waals surface area contributed by atoms with Crippen LogP contribution in [0.5, 0.6) is 0 Å². The fraction of sp³-hybridized carbons (Fsp3) is 0.417. The maximum atomic E-state index is 13.0. The van der Waals surface area contributed by atoms with Crippen LogP contribution in [-0.4, -0.2) is 17.0 Å². The summed E-state index contributed by atoms with van der Waals surface area (Å²) in [5, 5.41) is 8.70. The van der Waals surface area contributed by atoms with Gasteiger partial charge in [-0.25, -0.2) is 13.6 Å². The Labute approximate surface area is 91.9 Å². The maximum absolute atomic E-state index is 13.0. The second-order valence-electron chi connectivity index (χ2n) is 4.22. The van der Waals surface area contributed by atoms with Crippen molar-refractivity contribution in [3.8, 4) is 0 Å². The lowest BCUT2D eigenvalue weighted by molar-refractivity contribution is 0.00775. The van der Waals surface area contributed by atoms with Gasteiger partial charge in [-0.3, -0.25) is 0 Å². The molecule has 86 valence electrons. The van der Waals surface area contributed by atoms with Crippen LogP contribution in [0.2, 0.25) is 0 Å². The van der Waals surface area contributed by atoms with Crippen LogP contribution in [0.15, 0.2) is 24.3 Å². The predicted molar refractivity (Wildman–Crippen MR) is 54.9 cm³/mol. The first-order valence-electron chi connectivity index (χ1n) is 5.19. The van der Waals surface area contributed by atoms with E-state index in [1.54, 1.807) is 12.1 Å². The van der Waals surface area contributed by atoms with Gasteiger partial charge in [0, 0.05) is 12.8 Å². The predicted octanol–water partition coefficient (Wildman–Crippen LogP) is 3.29. The molecule has 1 aromatic carbocycles. The lowest BCUT2D eigenvalue weighted by Gasteiger charge is -2.11. The molecule has 0 unspecified atom stereocenters. The van der Waals surface area contributed by atoms with E-state index in [1.807, 2.05) is 0 Å². The van der Waals surface area contributed by atoms with Crippen molar-refractivity contribution >= 4 is 5.97 Å². The minimum atomic E-state index is -2.56. The van der Waals surface area contributed by atoms with Crippen molar-refractivity contribution in [1.82, 2.24) is 0 Å². The molecule has 0 amide bonds. The first-order chi connectivity index (χ1) is 7.48. The largest absolute Gasteiger partial charge is 0.478 e. The van der Waals surface area contributed by atoms with Gasteiger partial charge in [0.1, 0.15) is 0 Å². The molecule has 2 nitrogen and oxygen atoms in total. The topological polar surface area (TPSA) is 37.3 Å². The Hall–Kier alpha value is -1.45. The second-order valence-corrected chi connectivity index (χ2v) is 4.22. The number of alkyl halides is 2. The molecule has 0 heterocycles. The number of carboxylic acid groups (broad SMARTS) is 1. The molecule has 0 aromatic heterocycles. The van der Waals surface area contributed by atoms with Crippen LogP contribution in [-0.2, 0) is 0 Å². The molecule has 0 radical (unpaired) electrons. The fourth-order valence-electron chi connectivity index (χ4n) is 2.13. The monoisotopic (exact) mass is 226 g/mol. The Morgan fingerprint density at radius 2 is 1.94 bits per heavy atom. The molecule has 1 aliphatic carbocycles. The van der Waals surface area contributed by atoms with Gasteiger partial charge in [0.25, 0.3) is 0 Å². The Morgan fingerprint density at radius 1 is 1.31 bits per heavy atom. The molecule has 0 aliphatic heterocycles. The molecular formula is C12H12F2O2. The third-order valence-corrected chi connectivity index (χ3v) is 3.03. The molecule has 0 saturated heterocycles. The quantitative estimate of drug-likeness (QED) is 0.840. The van der Waals surface area contributed by atoms with Gasteiger partial charge in [0.15, 0.2) is 0 Å². The molecule has 0 spiro atoms. The molecule has 1 aromatic rings. The molecule has 0 bridgehead atoms. The van der Waals surface area contributed by atoms with Gasteiger partial charge in [-0.05, 0) is 30.0 Å². The average Bonchev–Trinajstić information content (AvgIpc) is 2.59. The Bertz CT molecular complexity index is 398. The van der Waals surface area contributed by atoms with Crippen LogP contribution < -0.4 is 0 Å². The summed E-state index contributed by atoms with van der Waals surface area (Å²) >= 11 is 0. The smallest absolute Gasteiger partial charge is 0.335 e. The van der Waals surface area contributed by atoms with E-state index in [2.05, 4.69) is 0 Å². The third-order valence-electron chi connectivity index (χ3n) is 3.03. The summed E-state index contributed by atoms with van der Waals surface area (Å²) in [7, 11) is 0. The summed E-state index contributed by atoms with van der Waals surface area (Å²) in [6.07, 6.45) is 0.275. The molecule has 1 aliphatic rings. The van der Waals surface area contributed by atoms with Crippen LogP contribution in [0.25, 0.3) is 0 Å². The third kappa shape index (κ3) is 2.21. The summed E-state index contributed by atoms with van der Waals surface area (Å²) < 4.78 is 26.0. The van der Waals surface area contributed by atoms with Crippen LogP contribution in [0.3, 0.4) is 0 Å². The molecule has 1 atom stereocenters. The highest BCUT2D eigenvalue weighted by atomic mass is 19.3. The zero-order valence-corrected chi connectivity index (χ0v) is 8.62. The van der Waals surface area contributed by atoms with Crippen LogP contribution in [0.1, 0.15) is 41.1 Å². The number of hydrogen-bond donors (Lipinski definition) is 1. The molecule has 1 fully saturated rings. The van der Waals surface area contributed by atoms with Gasteiger partial charge in [0.05, 0.1) is 5.56 Å². The summed E-state index contributed by atoms with van der Waals surface area (Å²) in [6.45, 7) is 0. The van der Waals surface area contributed by atoms with Gasteiger partial charge >= 0.3 is 5.97 Å². The fourth-order valence-corrected chi connectivity index (χ4v) is 2.13. The van der Waals surface area contributed by atoms with E-state index in [1.165, 1.54) is 12.1 Å². The van der Waals surface area contributed by atoms with E-state index in [-0.39, 0.29) is 24.3 Å². The van der Waals surface area contributed by atoms with E-state index in [0.29, 0.717) is 6.42 Å². The van der Waals surface area contributed by atoms with Crippen molar-refractivity contribution in [1.29, 1.82) is 0 Å². The highest BCUT2D eigenvalue weighted by Gasteiger charge is 2.39. The average molecular weight is 226 g/mol. The Balaban J connectivity index is 2.14. The molecule has 4 heteroatoms. The number of carbonyl (C=O) groups is 1. The van der Waals surface area contributed by atoms with Crippen molar-refractivity contribution < 1.29 is 18.7 Å². The summed E-state index contributed by atoms with van der Waals surface area (Å²) in [5.74, 6) is -3.70. The Morgan fingerprint density at radius 3 is 2.38 bits per heavy atom. The number of aromatic carboxylic acids is 1. The first-order valence-corrected chi connectivity index (χ1v) is 5.19. The van der Waals surface area contributed by atoms with E-state index in [0.717, 1.165) is 5.56 Å². The molecule has 1 N–H and O–H groups in total. The van der Waals surface area contributed by atoms with E-state index >= 15 is 0 Å². The highest BCUT2D eigenvalue weighted by Crippen LogP contribution is 2.44. The number of halogens is 2. The number of benzene rings is 1. The van der Waals surface area contributed by atoms with Crippen molar-refractivity contribution in [2.45, 2.75) is 31.1 Å². The van der Waals surface area contributed by atoms with Gasteiger partial charge in [-0.1, -0.05) is 12.1 Å². The number of rotatable bonds is 2. The zero-order valence-electron chi connectivity index (χ0n) is 8.62. The molecule has 2 rings (SSSR count). The van der Waals surface area contributed by atoms with Crippen LogP contribution in [0.4, 0.5) is 8.78 Å². The summed E-state index contributed by atoms with van der Waals surface area (Å²) in [6, 6.07) is 6.20. The van der Waals surface area contributed by atoms with E-state index < -0.39 is 11.9 Å². The number of carboxylic acids is 1. The van der Waals surface area contributed by atoms with Crippen molar-refractivity contribution in [2.24, 2.45) is 0 Å². The standard InChI is InChI=1S/C12H12F2O2/c13-12(14)6-5-10(7-12)8-1-3-9(4-2-8)11(15)16/h1-4,10H,5-7H2,(H,15,16)/t10-/m1/s1. The summed E-state index contributed by atoms with van der Waals surface area (Å²) in [4.78, 5) is 10.6. The van der Waals surface area contributed by atoms with Crippen molar-refractivity contribution in [3.63, 3.8) is 0 Å². The normalized spacial score (nSPS) is 23.2. The minimum Gasteiger partial charge on any atom is -0.478 e. The second kappa shape index (κ2) is 3.85. The molecule has 16 heavy (non-hydrogen) atoms. The van der Waals surface area contributed by atoms with Crippen LogP contribution in [0, 0.1) is 0 Å². The van der Waals surface area contributed by atoms with Crippen LogP contribution >= 0.6 is 0 Å². The molecule has 1 saturated carbocycles. The van der Waals surface area contributed by atoms with Gasteiger partial charge in [-0.15, -0.1) is 0 Å². The van der Waals surface area contributed by atoms with Gasteiger partial charge < -0.3 is 5.11 Å². The SMILES string of the molecule is O=C(O)c1ccc([C@@H]2CCC(F)(F)C2)cc1. The molecular weight excluding hydrogens is 214 g/mol. The maximum Gasteiger partial charge on any atom is 0.335 e. The van der Waals surface area contributed by atoms with Gasteiger partial charge in [0.2, 0.25) is 5.92 Å². The van der Waals surface area contributed by atoms with E-state index in [4.69, 9.17) is 5.11 Å². The first kappa shape index (κ1) is 11.0. The minimum absolute atomic E-state index is 0.0711. The zero-order chi connectivity index (χ0) is 11.8. The number of hydrogen-bond acceptors (Lipinski definition) is 1. The van der Waals surface area contributed by atoms with Gasteiger partial charge in [-0.2, -0.15) is 0 Å².